The normalized spacial score (nSPS) is 25.7. The highest BCUT2D eigenvalue weighted by Gasteiger charge is 2.52. The Morgan fingerprint density at radius 1 is 1.42 bits per heavy atom. The lowest BCUT2D eigenvalue weighted by atomic mass is 9.67. The van der Waals surface area contributed by atoms with E-state index in [2.05, 4.69) is 11.4 Å². The summed E-state index contributed by atoms with van der Waals surface area (Å²) >= 11 is 0. The molecule has 0 radical (unpaired) electrons. The molecule has 106 valence electrons. The van der Waals surface area contributed by atoms with Gasteiger partial charge in [-0.05, 0) is 39.5 Å². The second-order valence-electron chi connectivity index (χ2n) is 5.84. The standard InChI is InChI=1S/C13H20N2O4/c1-12(2,3)19-11(17)15-13(10(16)18-4)7-9(8-13)5-6-14/h9H,5,7-8H2,1-4H3,(H,15,17)/t9-,13-. The Hall–Kier alpha value is -1.77. The van der Waals surface area contributed by atoms with Crippen LogP contribution in [0.5, 0.6) is 0 Å². The summed E-state index contributed by atoms with van der Waals surface area (Å²) in [7, 11) is 1.28. The lowest BCUT2D eigenvalue weighted by molar-refractivity contribution is -0.155. The second kappa shape index (κ2) is 5.47. The van der Waals surface area contributed by atoms with Crippen molar-refractivity contribution < 1.29 is 19.1 Å². The Labute approximate surface area is 113 Å². The molecule has 19 heavy (non-hydrogen) atoms. The van der Waals surface area contributed by atoms with Crippen LogP contribution in [0.25, 0.3) is 0 Å². The topological polar surface area (TPSA) is 88.4 Å². The maximum Gasteiger partial charge on any atom is 0.408 e. The summed E-state index contributed by atoms with van der Waals surface area (Å²) in [6.07, 6.45) is 0.543. The van der Waals surface area contributed by atoms with Crippen LogP contribution in [0.4, 0.5) is 4.79 Å². The largest absolute Gasteiger partial charge is 0.467 e. The number of nitrogens with zero attached hydrogens (tertiary/aromatic N) is 1. The Bertz CT molecular complexity index is 400. The van der Waals surface area contributed by atoms with Crippen LogP contribution in [0.2, 0.25) is 0 Å². The SMILES string of the molecule is COC(=O)[C@]1(NC(=O)OC(C)(C)C)C[C@H](CC#N)C1. The van der Waals surface area contributed by atoms with Gasteiger partial charge in [-0.15, -0.1) is 0 Å². The molecule has 0 aromatic carbocycles. The Kier molecular flexibility index (Phi) is 4.40. The summed E-state index contributed by atoms with van der Waals surface area (Å²) in [5, 5.41) is 11.2. The van der Waals surface area contributed by atoms with Crippen LogP contribution in [0.3, 0.4) is 0 Å². The van der Waals surface area contributed by atoms with E-state index in [-0.39, 0.29) is 5.92 Å². The van der Waals surface area contributed by atoms with E-state index in [1.165, 1.54) is 7.11 Å². The molecular weight excluding hydrogens is 248 g/mol. The van der Waals surface area contributed by atoms with Crippen molar-refractivity contribution >= 4 is 12.1 Å². The molecule has 1 rings (SSSR count). The second-order valence-corrected chi connectivity index (χ2v) is 5.84. The van der Waals surface area contributed by atoms with Gasteiger partial charge in [0.05, 0.1) is 13.2 Å². The van der Waals surface area contributed by atoms with Crippen molar-refractivity contribution in [3.63, 3.8) is 0 Å². The average Bonchev–Trinajstić information content (AvgIpc) is 2.22. The van der Waals surface area contributed by atoms with Crippen molar-refractivity contribution in [2.75, 3.05) is 7.11 Å². The third kappa shape index (κ3) is 3.85. The Morgan fingerprint density at radius 3 is 2.42 bits per heavy atom. The van der Waals surface area contributed by atoms with Crippen molar-refractivity contribution in [1.82, 2.24) is 5.32 Å². The average molecular weight is 268 g/mol. The molecule has 0 atom stereocenters. The third-order valence-electron chi connectivity index (χ3n) is 2.97. The number of rotatable bonds is 3. The summed E-state index contributed by atoms with van der Waals surface area (Å²) in [6.45, 7) is 5.24. The minimum atomic E-state index is -1.04. The van der Waals surface area contributed by atoms with E-state index in [1.54, 1.807) is 20.8 Å². The van der Waals surface area contributed by atoms with E-state index >= 15 is 0 Å². The highest BCUT2D eigenvalue weighted by molar-refractivity contribution is 5.87. The van der Waals surface area contributed by atoms with Gasteiger partial charge >= 0.3 is 12.1 Å². The molecule has 1 aliphatic carbocycles. The first-order valence-corrected chi connectivity index (χ1v) is 6.19. The number of hydrogen-bond acceptors (Lipinski definition) is 5. The van der Waals surface area contributed by atoms with Crippen LogP contribution in [-0.2, 0) is 14.3 Å². The van der Waals surface area contributed by atoms with Gasteiger partial charge in [0.15, 0.2) is 0 Å². The summed E-state index contributed by atoms with van der Waals surface area (Å²) in [6, 6.07) is 2.06. The van der Waals surface area contributed by atoms with Gasteiger partial charge < -0.3 is 14.8 Å². The zero-order valence-electron chi connectivity index (χ0n) is 11.8. The molecule has 1 aliphatic rings. The van der Waals surface area contributed by atoms with Crippen LogP contribution in [0.1, 0.15) is 40.0 Å². The molecular formula is C13H20N2O4. The van der Waals surface area contributed by atoms with Crippen LogP contribution in [0.15, 0.2) is 0 Å². The van der Waals surface area contributed by atoms with E-state index in [1.807, 2.05) is 0 Å². The molecule has 0 unspecified atom stereocenters. The van der Waals surface area contributed by atoms with Crippen molar-refractivity contribution in [2.45, 2.75) is 51.2 Å². The number of ether oxygens (including phenoxy) is 2. The van der Waals surface area contributed by atoms with E-state index in [4.69, 9.17) is 14.7 Å². The Morgan fingerprint density at radius 2 is 2.00 bits per heavy atom. The molecule has 0 aromatic heterocycles. The van der Waals surface area contributed by atoms with Gasteiger partial charge in [-0.2, -0.15) is 5.26 Å². The minimum absolute atomic E-state index is 0.110. The fourth-order valence-corrected chi connectivity index (χ4v) is 2.21. The van der Waals surface area contributed by atoms with Crippen molar-refractivity contribution in [3.8, 4) is 6.07 Å². The van der Waals surface area contributed by atoms with Gasteiger partial charge in [-0.25, -0.2) is 9.59 Å². The number of esters is 1. The predicted octanol–water partition coefficient (Wildman–Crippen LogP) is 1.75. The number of nitriles is 1. The summed E-state index contributed by atoms with van der Waals surface area (Å²) < 4.78 is 9.86. The van der Waals surface area contributed by atoms with Crippen LogP contribution in [-0.4, -0.2) is 30.3 Å². The van der Waals surface area contributed by atoms with Crippen LogP contribution >= 0.6 is 0 Å². The maximum absolute atomic E-state index is 11.8. The van der Waals surface area contributed by atoms with E-state index in [0.29, 0.717) is 19.3 Å². The molecule has 1 N–H and O–H groups in total. The lowest BCUT2D eigenvalue weighted by Crippen LogP contribution is -2.63. The molecule has 0 aromatic rings. The number of carbonyl (C=O) groups excluding carboxylic acids is 2. The molecule has 1 saturated carbocycles. The molecule has 0 spiro atoms. The fraction of sp³-hybridized carbons (Fsp3) is 0.769. The Balaban J connectivity index is 2.66. The van der Waals surface area contributed by atoms with Crippen molar-refractivity contribution in [1.29, 1.82) is 5.26 Å². The highest BCUT2D eigenvalue weighted by atomic mass is 16.6. The van der Waals surface area contributed by atoms with Gasteiger partial charge in [0.2, 0.25) is 0 Å². The van der Waals surface area contributed by atoms with Crippen molar-refractivity contribution in [2.24, 2.45) is 5.92 Å². The van der Waals surface area contributed by atoms with Crippen molar-refractivity contribution in [3.05, 3.63) is 0 Å². The molecule has 1 amide bonds. The summed E-state index contributed by atoms with van der Waals surface area (Å²) in [4.78, 5) is 23.5. The number of alkyl carbamates (subject to hydrolysis) is 1. The number of hydrogen-bond donors (Lipinski definition) is 1. The molecule has 6 nitrogen and oxygen atoms in total. The number of nitrogens with one attached hydrogen (secondary N) is 1. The van der Waals surface area contributed by atoms with Gasteiger partial charge in [0.25, 0.3) is 0 Å². The zero-order valence-corrected chi connectivity index (χ0v) is 11.8. The first kappa shape index (κ1) is 15.3. The number of amides is 1. The van der Waals surface area contributed by atoms with E-state index in [9.17, 15) is 9.59 Å². The molecule has 0 bridgehead atoms. The molecule has 1 fully saturated rings. The van der Waals surface area contributed by atoms with E-state index < -0.39 is 23.2 Å². The van der Waals surface area contributed by atoms with E-state index in [0.717, 1.165) is 0 Å². The smallest absolute Gasteiger partial charge is 0.408 e. The summed E-state index contributed by atoms with van der Waals surface area (Å²) in [5.74, 6) is -0.383. The first-order valence-electron chi connectivity index (χ1n) is 6.19. The van der Waals surface area contributed by atoms with Crippen LogP contribution in [0, 0.1) is 17.2 Å². The fourth-order valence-electron chi connectivity index (χ4n) is 2.21. The molecule has 0 aliphatic heterocycles. The van der Waals surface area contributed by atoms with Gasteiger partial charge in [-0.1, -0.05) is 0 Å². The highest BCUT2D eigenvalue weighted by Crippen LogP contribution is 2.40. The molecule has 0 heterocycles. The molecule has 6 heteroatoms. The quantitative estimate of drug-likeness (QED) is 0.788. The van der Waals surface area contributed by atoms with Crippen LogP contribution < -0.4 is 5.32 Å². The number of carbonyl (C=O) groups is 2. The van der Waals surface area contributed by atoms with Gasteiger partial charge in [0, 0.05) is 6.42 Å². The minimum Gasteiger partial charge on any atom is -0.467 e. The first-order chi connectivity index (χ1) is 8.72. The summed E-state index contributed by atoms with van der Waals surface area (Å²) in [5.41, 5.74) is -1.67. The maximum atomic E-state index is 11.8. The van der Waals surface area contributed by atoms with Gasteiger partial charge in [-0.3, -0.25) is 0 Å². The molecule has 0 saturated heterocycles. The lowest BCUT2D eigenvalue weighted by Gasteiger charge is -2.44. The third-order valence-corrected chi connectivity index (χ3v) is 2.97. The predicted molar refractivity (Wildman–Crippen MR) is 67.1 cm³/mol. The number of methoxy groups -OCH3 is 1. The monoisotopic (exact) mass is 268 g/mol. The van der Waals surface area contributed by atoms with Gasteiger partial charge in [0.1, 0.15) is 11.1 Å². The zero-order chi connectivity index (χ0) is 14.7.